The first-order chi connectivity index (χ1) is 9.56. The molecule has 2 saturated carbocycles. The van der Waals surface area contributed by atoms with E-state index in [9.17, 15) is 5.11 Å². The third kappa shape index (κ3) is 1.53. The molecule has 1 nitrogen and oxygen atoms in total. The van der Waals surface area contributed by atoms with Crippen molar-refractivity contribution in [1.82, 2.24) is 0 Å². The lowest BCUT2D eigenvalue weighted by Crippen LogP contribution is -2.45. The fourth-order valence-electron chi connectivity index (χ4n) is 6.02. The van der Waals surface area contributed by atoms with Gasteiger partial charge < -0.3 is 5.11 Å². The number of rotatable bonds is 0. The smallest absolute Gasteiger partial charge is 0.0599 e. The Morgan fingerprint density at radius 2 is 2.00 bits per heavy atom. The minimum Gasteiger partial charge on any atom is -0.393 e. The van der Waals surface area contributed by atoms with Crippen LogP contribution in [0.5, 0.6) is 0 Å². The number of fused-ring (bicyclic) bond motifs is 5. The highest BCUT2D eigenvalue weighted by molar-refractivity contribution is 5.38. The van der Waals surface area contributed by atoms with Crippen LogP contribution >= 0.6 is 0 Å². The van der Waals surface area contributed by atoms with Crippen molar-refractivity contribution in [2.45, 2.75) is 71.3 Å². The molecule has 4 aliphatic rings. The molecule has 0 saturated heterocycles. The summed E-state index contributed by atoms with van der Waals surface area (Å²) in [6, 6.07) is 0. The molecule has 4 rings (SSSR count). The molecule has 4 aliphatic carbocycles. The Hall–Kier alpha value is -0.560. The summed E-state index contributed by atoms with van der Waals surface area (Å²) in [5, 5.41) is 10.4. The van der Waals surface area contributed by atoms with Crippen LogP contribution in [0.25, 0.3) is 0 Å². The first-order valence-corrected chi connectivity index (χ1v) is 8.64. The lowest BCUT2D eigenvalue weighted by atomic mass is 9.52. The number of allylic oxidation sites excluding steroid dienone is 4. The average molecular weight is 272 g/mol. The van der Waals surface area contributed by atoms with Crippen molar-refractivity contribution in [3.63, 3.8) is 0 Å². The summed E-state index contributed by atoms with van der Waals surface area (Å²) in [5.41, 5.74) is 4.02. The summed E-state index contributed by atoms with van der Waals surface area (Å²) in [7, 11) is 0. The van der Waals surface area contributed by atoms with E-state index in [1.165, 1.54) is 38.5 Å². The van der Waals surface area contributed by atoms with E-state index in [0.717, 1.165) is 24.7 Å². The van der Waals surface area contributed by atoms with Crippen molar-refractivity contribution in [1.29, 1.82) is 0 Å². The SMILES string of the molecule is C[C@]12CCCC=C1CC[C@@H]1C2=CC[C@]2(C)[C@@H](O)CC[C@@H]12. The van der Waals surface area contributed by atoms with Gasteiger partial charge in [0.25, 0.3) is 0 Å². The molecule has 0 aromatic carbocycles. The van der Waals surface area contributed by atoms with Gasteiger partial charge in [-0.25, -0.2) is 0 Å². The molecule has 0 unspecified atom stereocenters. The Labute approximate surface area is 123 Å². The molecular weight excluding hydrogens is 244 g/mol. The van der Waals surface area contributed by atoms with Crippen LogP contribution in [0.1, 0.15) is 65.2 Å². The normalized spacial score (nSPS) is 50.6. The van der Waals surface area contributed by atoms with Crippen LogP contribution in [-0.2, 0) is 0 Å². The van der Waals surface area contributed by atoms with Crippen LogP contribution in [0.3, 0.4) is 0 Å². The van der Waals surface area contributed by atoms with Crippen LogP contribution in [0.15, 0.2) is 23.3 Å². The summed E-state index contributed by atoms with van der Waals surface area (Å²) < 4.78 is 0. The van der Waals surface area contributed by atoms with Crippen molar-refractivity contribution < 1.29 is 5.11 Å². The molecular formula is C19H28O. The highest BCUT2D eigenvalue weighted by Crippen LogP contribution is 2.63. The summed E-state index contributed by atoms with van der Waals surface area (Å²) >= 11 is 0. The van der Waals surface area contributed by atoms with Crippen LogP contribution in [-0.4, -0.2) is 11.2 Å². The van der Waals surface area contributed by atoms with Crippen LogP contribution in [0.2, 0.25) is 0 Å². The van der Waals surface area contributed by atoms with Gasteiger partial charge in [-0.2, -0.15) is 0 Å². The zero-order valence-corrected chi connectivity index (χ0v) is 13.0. The standard InChI is InChI=1S/C19H28O/c1-18-11-4-3-5-13(18)6-7-14-15-8-9-17(20)19(15,2)12-10-16(14)18/h5,10,14-15,17,20H,3-4,6-9,11-12H2,1-2H3/t14-,15-,17-,18-,19-/m0/s1. The summed E-state index contributed by atoms with van der Waals surface area (Å²) in [5.74, 6) is 1.49. The second kappa shape index (κ2) is 4.22. The van der Waals surface area contributed by atoms with Gasteiger partial charge in [-0.15, -0.1) is 0 Å². The molecule has 0 amide bonds. The fraction of sp³-hybridized carbons (Fsp3) is 0.789. The zero-order valence-electron chi connectivity index (χ0n) is 13.0. The van der Waals surface area contributed by atoms with Gasteiger partial charge in [0.2, 0.25) is 0 Å². The summed E-state index contributed by atoms with van der Waals surface area (Å²) in [6.07, 6.45) is 15.0. The van der Waals surface area contributed by atoms with E-state index in [0.29, 0.717) is 5.41 Å². The second-order valence-electron chi connectivity index (χ2n) is 8.17. The molecule has 0 radical (unpaired) electrons. The van der Waals surface area contributed by atoms with Gasteiger partial charge >= 0.3 is 0 Å². The van der Waals surface area contributed by atoms with E-state index >= 15 is 0 Å². The molecule has 0 bridgehead atoms. The predicted molar refractivity (Wildman–Crippen MR) is 82.3 cm³/mol. The van der Waals surface area contributed by atoms with E-state index in [1.54, 1.807) is 11.1 Å². The van der Waals surface area contributed by atoms with E-state index in [4.69, 9.17) is 0 Å². The Morgan fingerprint density at radius 3 is 2.85 bits per heavy atom. The van der Waals surface area contributed by atoms with Gasteiger partial charge in [-0.1, -0.05) is 37.1 Å². The van der Waals surface area contributed by atoms with Crippen molar-refractivity contribution in [2.24, 2.45) is 22.7 Å². The largest absolute Gasteiger partial charge is 0.393 e. The van der Waals surface area contributed by atoms with Gasteiger partial charge in [0, 0.05) is 10.8 Å². The van der Waals surface area contributed by atoms with Crippen molar-refractivity contribution in [3.8, 4) is 0 Å². The minimum atomic E-state index is -0.0681. The van der Waals surface area contributed by atoms with Gasteiger partial charge in [-0.05, 0) is 63.2 Å². The number of hydrogen-bond donors (Lipinski definition) is 1. The molecule has 1 heteroatoms. The maximum atomic E-state index is 10.4. The average Bonchev–Trinajstić information content (AvgIpc) is 2.74. The third-order valence-electron chi connectivity index (χ3n) is 7.35. The van der Waals surface area contributed by atoms with Gasteiger partial charge in [-0.3, -0.25) is 0 Å². The fourth-order valence-corrected chi connectivity index (χ4v) is 6.02. The van der Waals surface area contributed by atoms with Crippen LogP contribution < -0.4 is 0 Å². The molecule has 0 heterocycles. The number of hydrogen-bond acceptors (Lipinski definition) is 1. The predicted octanol–water partition coefficient (Wildman–Crippen LogP) is 4.62. The number of aliphatic hydroxyl groups excluding tert-OH is 1. The lowest BCUT2D eigenvalue weighted by molar-refractivity contribution is 0.0131. The molecule has 5 atom stereocenters. The van der Waals surface area contributed by atoms with Crippen molar-refractivity contribution >= 4 is 0 Å². The number of aliphatic hydroxyl groups is 1. The topological polar surface area (TPSA) is 20.2 Å². The van der Waals surface area contributed by atoms with E-state index in [-0.39, 0.29) is 11.5 Å². The molecule has 1 N–H and O–H groups in total. The maximum absolute atomic E-state index is 10.4. The maximum Gasteiger partial charge on any atom is 0.0599 e. The summed E-state index contributed by atoms with van der Waals surface area (Å²) in [4.78, 5) is 0. The second-order valence-corrected chi connectivity index (χ2v) is 8.17. The zero-order chi connectivity index (χ0) is 14.0. The highest BCUT2D eigenvalue weighted by Gasteiger charge is 2.55. The molecule has 110 valence electrons. The molecule has 0 aromatic rings. The highest BCUT2D eigenvalue weighted by atomic mass is 16.3. The Bertz CT molecular complexity index is 488. The van der Waals surface area contributed by atoms with Crippen molar-refractivity contribution in [3.05, 3.63) is 23.3 Å². The van der Waals surface area contributed by atoms with E-state index in [1.807, 2.05) is 0 Å². The van der Waals surface area contributed by atoms with Crippen LogP contribution in [0.4, 0.5) is 0 Å². The monoisotopic (exact) mass is 272 g/mol. The van der Waals surface area contributed by atoms with Crippen molar-refractivity contribution in [2.75, 3.05) is 0 Å². The lowest BCUT2D eigenvalue weighted by Gasteiger charge is -2.53. The molecule has 0 aromatic heterocycles. The van der Waals surface area contributed by atoms with Gasteiger partial charge in [0.05, 0.1) is 6.10 Å². The Balaban J connectivity index is 1.76. The first-order valence-electron chi connectivity index (χ1n) is 8.64. The summed E-state index contributed by atoms with van der Waals surface area (Å²) in [6.45, 7) is 4.85. The van der Waals surface area contributed by atoms with Gasteiger partial charge in [0.15, 0.2) is 0 Å². The van der Waals surface area contributed by atoms with Gasteiger partial charge in [0.1, 0.15) is 0 Å². The first kappa shape index (κ1) is 13.1. The Kier molecular flexibility index (Phi) is 2.77. The van der Waals surface area contributed by atoms with E-state index < -0.39 is 0 Å². The minimum absolute atomic E-state index is 0.0681. The third-order valence-corrected chi connectivity index (χ3v) is 7.35. The van der Waals surface area contributed by atoms with E-state index in [2.05, 4.69) is 26.0 Å². The van der Waals surface area contributed by atoms with Crippen LogP contribution in [0, 0.1) is 22.7 Å². The quantitative estimate of drug-likeness (QED) is 0.638. The molecule has 0 aliphatic heterocycles. The molecule has 0 spiro atoms. The molecule has 20 heavy (non-hydrogen) atoms. The Morgan fingerprint density at radius 1 is 1.15 bits per heavy atom. The molecule has 2 fully saturated rings.